The number of nitrogens with one attached hydrogen (secondary N) is 1. The van der Waals surface area contributed by atoms with Crippen LogP contribution >= 0.6 is 11.6 Å². The van der Waals surface area contributed by atoms with Crippen molar-refractivity contribution in [2.24, 2.45) is 17.8 Å². The average molecular weight is 278 g/mol. The molecule has 0 spiro atoms. The van der Waals surface area contributed by atoms with E-state index in [-0.39, 0.29) is 0 Å². The van der Waals surface area contributed by atoms with E-state index in [2.05, 4.69) is 24.4 Å². The van der Waals surface area contributed by atoms with Gasteiger partial charge in [-0.05, 0) is 67.7 Å². The van der Waals surface area contributed by atoms with E-state index >= 15 is 0 Å². The van der Waals surface area contributed by atoms with Gasteiger partial charge in [-0.1, -0.05) is 37.1 Å². The zero-order valence-corrected chi connectivity index (χ0v) is 12.5. The van der Waals surface area contributed by atoms with Gasteiger partial charge in [0.05, 0.1) is 0 Å². The van der Waals surface area contributed by atoms with Gasteiger partial charge in [-0.15, -0.1) is 0 Å². The lowest BCUT2D eigenvalue weighted by Crippen LogP contribution is -2.29. The second-order valence-electron chi connectivity index (χ2n) is 6.36. The summed E-state index contributed by atoms with van der Waals surface area (Å²) in [6.45, 7) is 3.45. The van der Waals surface area contributed by atoms with Crippen LogP contribution in [0.5, 0.6) is 0 Å². The van der Waals surface area contributed by atoms with Crippen LogP contribution in [0.2, 0.25) is 5.02 Å². The fraction of sp³-hybridized carbons (Fsp3) is 0.647. The van der Waals surface area contributed by atoms with Gasteiger partial charge >= 0.3 is 0 Å². The van der Waals surface area contributed by atoms with Gasteiger partial charge in [0.15, 0.2) is 0 Å². The third kappa shape index (κ3) is 2.98. The fourth-order valence-corrected chi connectivity index (χ4v) is 4.24. The normalized spacial score (nSPS) is 30.7. The topological polar surface area (TPSA) is 12.0 Å². The summed E-state index contributed by atoms with van der Waals surface area (Å²) in [7, 11) is 0. The Hall–Kier alpha value is -0.530. The molecule has 1 N–H and O–H groups in total. The van der Waals surface area contributed by atoms with Gasteiger partial charge in [-0.25, -0.2) is 0 Å². The first kappa shape index (κ1) is 13.5. The number of rotatable bonds is 5. The number of hydrogen-bond donors (Lipinski definition) is 1. The van der Waals surface area contributed by atoms with Crippen LogP contribution in [0.15, 0.2) is 24.3 Å². The largest absolute Gasteiger partial charge is 0.310 e. The van der Waals surface area contributed by atoms with Gasteiger partial charge in [-0.2, -0.15) is 0 Å². The molecule has 2 heteroatoms. The van der Waals surface area contributed by atoms with Gasteiger partial charge < -0.3 is 5.32 Å². The Kier molecular flexibility index (Phi) is 4.14. The van der Waals surface area contributed by atoms with Crippen LogP contribution in [0.4, 0.5) is 0 Å². The van der Waals surface area contributed by atoms with Crippen LogP contribution in [0.25, 0.3) is 0 Å². The van der Waals surface area contributed by atoms with Crippen molar-refractivity contribution in [3.8, 4) is 0 Å². The molecule has 1 nitrogen and oxygen atoms in total. The maximum absolute atomic E-state index is 5.96. The fourth-order valence-electron chi connectivity index (χ4n) is 4.11. The predicted molar refractivity (Wildman–Crippen MR) is 81.4 cm³/mol. The minimum atomic E-state index is 0.483. The molecular weight excluding hydrogens is 254 g/mol. The van der Waals surface area contributed by atoms with E-state index in [1.807, 2.05) is 12.1 Å². The molecule has 3 rings (SSSR count). The Balaban J connectivity index is 1.56. The van der Waals surface area contributed by atoms with Crippen LogP contribution in [-0.2, 0) is 0 Å². The third-order valence-electron chi connectivity index (χ3n) is 5.19. The highest BCUT2D eigenvalue weighted by atomic mass is 35.5. The average Bonchev–Trinajstić information content (AvgIpc) is 3.04. The molecule has 0 aromatic heterocycles. The number of fused-ring (bicyclic) bond motifs is 2. The molecule has 1 aromatic carbocycles. The van der Waals surface area contributed by atoms with E-state index in [1.165, 1.54) is 37.8 Å². The number of hydrogen-bond acceptors (Lipinski definition) is 1. The van der Waals surface area contributed by atoms with Crippen molar-refractivity contribution in [2.75, 3.05) is 6.54 Å². The Morgan fingerprint density at radius 1 is 1.21 bits per heavy atom. The number of benzene rings is 1. The van der Waals surface area contributed by atoms with Gasteiger partial charge in [-0.3, -0.25) is 0 Å². The molecule has 2 aliphatic carbocycles. The SMILES string of the molecule is CCC(NCC1CC2CCC1C2)c1ccc(Cl)cc1. The van der Waals surface area contributed by atoms with Crippen molar-refractivity contribution >= 4 is 11.6 Å². The van der Waals surface area contributed by atoms with E-state index in [0.29, 0.717) is 6.04 Å². The Morgan fingerprint density at radius 3 is 2.58 bits per heavy atom. The molecule has 2 aliphatic rings. The van der Waals surface area contributed by atoms with Gasteiger partial charge in [0, 0.05) is 11.1 Å². The van der Waals surface area contributed by atoms with Crippen molar-refractivity contribution in [2.45, 2.75) is 45.1 Å². The summed E-state index contributed by atoms with van der Waals surface area (Å²) >= 11 is 5.96. The zero-order chi connectivity index (χ0) is 13.2. The minimum absolute atomic E-state index is 0.483. The van der Waals surface area contributed by atoms with Crippen molar-refractivity contribution < 1.29 is 0 Å². The smallest absolute Gasteiger partial charge is 0.0406 e. The second-order valence-corrected chi connectivity index (χ2v) is 6.79. The molecular formula is C17H24ClN. The molecule has 0 saturated heterocycles. The number of halogens is 1. The molecule has 4 unspecified atom stereocenters. The molecule has 2 bridgehead atoms. The van der Waals surface area contributed by atoms with Crippen LogP contribution in [0, 0.1) is 17.8 Å². The monoisotopic (exact) mass is 277 g/mol. The van der Waals surface area contributed by atoms with Gasteiger partial charge in [0.2, 0.25) is 0 Å². The summed E-state index contributed by atoms with van der Waals surface area (Å²) in [6, 6.07) is 8.79. The van der Waals surface area contributed by atoms with Gasteiger partial charge in [0.1, 0.15) is 0 Å². The Morgan fingerprint density at radius 2 is 2.00 bits per heavy atom. The lowest BCUT2D eigenvalue weighted by Gasteiger charge is -2.25. The summed E-state index contributed by atoms with van der Waals surface area (Å²) in [5, 5.41) is 4.61. The summed E-state index contributed by atoms with van der Waals surface area (Å²) in [6.07, 6.45) is 7.09. The molecule has 19 heavy (non-hydrogen) atoms. The predicted octanol–water partition coefficient (Wildman–Crippen LogP) is 4.82. The van der Waals surface area contributed by atoms with E-state index < -0.39 is 0 Å². The van der Waals surface area contributed by atoms with Crippen LogP contribution in [-0.4, -0.2) is 6.54 Å². The molecule has 104 valence electrons. The molecule has 0 radical (unpaired) electrons. The Labute approximate surface area is 121 Å². The molecule has 4 atom stereocenters. The first-order chi connectivity index (χ1) is 9.26. The summed E-state index contributed by atoms with van der Waals surface area (Å²) in [5.74, 6) is 2.99. The highest BCUT2D eigenvalue weighted by molar-refractivity contribution is 6.30. The van der Waals surface area contributed by atoms with Crippen molar-refractivity contribution in [3.63, 3.8) is 0 Å². The third-order valence-corrected chi connectivity index (χ3v) is 5.44. The molecule has 0 amide bonds. The highest BCUT2D eigenvalue weighted by Gasteiger charge is 2.39. The first-order valence-corrected chi connectivity index (χ1v) is 8.13. The van der Waals surface area contributed by atoms with Crippen molar-refractivity contribution in [1.29, 1.82) is 0 Å². The standard InChI is InChI=1S/C17H24ClN/c1-2-17(13-5-7-16(18)8-6-13)19-11-15-10-12-3-4-14(15)9-12/h5-8,12,14-15,17,19H,2-4,9-11H2,1H3. The molecule has 0 aliphatic heterocycles. The molecule has 0 heterocycles. The van der Waals surface area contributed by atoms with Crippen LogP contribution < -0.4 is 5.32 Å². The Bertz CT molecular complexity index is 414. The lowest BCUT2D eigenvalue weighted by atomic mass is 9.88. The van der Waals surface area contributed by atoms with E-state index in [4.69, 9.17) is 11.6 Å². The highest BCUT2D eigenvalue weighted by Crippen LogP contribution is 2.48. The molecule has 2 fully saturated rings. The van der Waals surface area contributed by atoms with E-state index in [0.717, 1.165) is 29.2 Å². The second kappa shape index (κ2) is 5.85. The lowest BCUT2D eigenvalue weighted by molar-refractivity contribution is 0.304. The minimum Gasteiger partial charge on any atom is -0.310 e. The maximum Gasteiger partial charge on any atom is 0.0406 e. The summed E-state index contributed by atoms with van der Waals surface area (Å²) < 4.78 is 0. The maximum atomic E-state index is 5.96. The van der Waals surface area contributed by atoms with E-state index in [1.54, 1.807) is 0 Å². The quantitative estimate of drug-likeness (QED) is 0.814. The summed E-state index contributed by atoms with van der Waals surface area (Å²) in [4.78, 5) is 0. The van der Waals surface area contributed by atoms with Crippen LogP contribution in [0.1, 0.15) is 50.6 Å². The molecule has 2 saturated carbocycles. The summed E-state index contributed by atoms with van der Waals surface area (Å²) in [5.41, 5.74) is 1.37. The first-order valence-electron chi connectivity index (χ1n) is 7.75. The van der Waals surface area contributed by atoms with Crippen molar-refractivity contribution in [3.05, 3.63) is 34.9 Å². The molecule has 1 aromatic rings. The van der Waals surface area contributed by atoms with Crippen LogP contribution in [0.3, 0.4) is 0 Å². The van der Waals surface area contributed by atoms with E-state index in [9.17, 15) is 0 Å². The van der Waals surface area contributed by atoms with Gasteiger partial charge in [0.25, 0.3) is 0 Å². The van der Waals surface area contributed by atoms with Crippen molar-refractivity contribution in [1.82, 2.24) is 5.32 Å². The zero-order valence-electron chi connectivity index (χ0n) is 11.7.